The normalized spacial score (nSPS) is 16.9. The maximum Gasteiger partial charge on any atom is 0.338 e. The molecular formula is C8H9BrO2. The predicted molar refractivity (Wildman–Crippen MR) is 46.3 cm³/mol. The van der Waals surface area contributed by atoms with Crippen LogP contribution in [0.1, 0.15) is 12.8 Å². The van der Waals surface area contributed by atoms with Gasteiger partial charge in [0.25, 0.3) is 0 Å². The molecular weight excluding hydrogens is 208 g/mol. The molecule has 0 aliphatic heterocycles. The third-order valence-electron chi connectivity index (χ3n) is 1.50. The molecule has 0 spiro atoms. The van der Waals surface area contributed by atoms with Crippen molar-refractivity contribution in [2.75, 3.05) is 7.11 Å². The van der Waals surface area contributed by atoms with E-state index in [9.17, 15) is 4.79 Å². The van der Waals surface area contributed by atoms with Crippen LogP contribution in [0, 0.1) is 0 Å². The Hall–Kier alpha value is -0.570. The molecule has 0 atom stereocenters. The smallest absolute Gasteiger partial charge is 0.338 e. The quantitative estimate of drug-likeness (QED) is 0.629. The van der Waals surface area contributed by atoms with Crippen LogP contribution < -0.4 is 0 Å². The Morgan fingerprint density at radius 1 is 1.55 bits per heavy atom. The van der Waals surface area contributed by atoms with Gasteiger partial charge in [-0.15, -0.1) is 0 Å². The van der Waals surface area contributed by atoms with E-state index in [-0.39, 0.29) is 5.97 Å². The summed E-state index contributed by atoms with van der Waals surface area (Å²) in [4.78, 5) is 11.0. The fraction of sp³-hybridized carbons (Fsp3) is 0.375. The van der Waals surface area contributed by atoms with E-state index in [0.717, 1.165) is 17.3 Å². The third-order valence-corrected chi connectivity index (χ3v) is 2.25. The standard InChI is InChI=1S/C8H9BrO2/c1-11-8(10)6-4-2-3-5-7(6)9/h4-5H,2-3H2,1H3. The minimum atomic E-state index is -0.271. The van der Waals surface area contributed by atoms with Gasteiger partial charge in [0, 0.05) is 4.48 Å². The maximum atomic E-state index is 11.0. The number of allylic oxidation sites excluding steroid dienone is 2. The maximum absolute atomic E-state index is 11.0. The van der Waals surface area contributed by atoms with Crippen LogP contribution in [-0.2, 0) is 9.53 Å². The molecule has 1 rings (SSSR count). The predicted octanol–water partition coefficient (Wildman–Crippen LogP) is 2.16. The molecule has 0 unspecified atom stereocenters. The molecule has 1 aliphatic carbocycles. The molecule has 1 aliphatic rings. The highest BCUT2D eigenvalue weighted by Gasteiger charge is 2.14. The molecule has 0 aromatic rings. The van der Waals surface area contributed by atoms with E-state index in [1.807, 2.05) is 12.2 Å². The van der Waals surface area contributed by atoms with E-state index in [1.54, 1.807) is 0 Å². The Morgan fingerprint density at radius 3 is 2.73 bits per heavy atom. The first-order valence-corrected chi connectivity index (χ1v) is 4.19. The van der Waals surface area contributed by atoms with Crippen LogP contribution >= 0.6 is 15.9 Å². The molecule has 0 aromatic heterocycles. The molecule has 0 heterocycles. The Bertz CT molecular complexity index is 228. The number of hydrogen-bond donors (Lipinski definition) is 0. The SMILES string of the molecule is COC(=O)C1=CCCC=C1Br. The number of esters is 1. The second-order valence-electron chi connectivity index (χ2n) is 2.24. The Morgan fingerprint density at radius 2 is 2.18 bits per heavy atom. The summed E-state index contributed by atoms with van der Waals surface area (Å²) in [5.74, 6) is -0.271. The lowest BCUT2D eigenvalue weighted by Crippen LogP contribution is -2.06. The van der Waals surface area contributed by atoms with Gasteiger partial charge in [-0.3, -0.25) is 0 Å². The van der Waals surface area contributed by atoms with Crippen LogP contribution in [0.2, 0.25) is 0 Å². The van der Waals surface area contributed by atoms with Gasteiger partial charge in [0.05, 0.1) is 12.7 Å². The first-order valence-electron chi connectivity index (χ1n) is 3.40. The van der Waals surface area contributed by atoms with E-state index in [2.05, 4.69) is 20.7 Å². The number of carbonyl (C=O) groups excluding carboxylic acids is 1. The van der Waals surface area contributed by atoms with Crippen LogP contribution in [0.15, 0.2) is 22.2 Å². The van der Waals surface area contributed by atoms with Gasteiger partial charge >= 0.3 is 5.97 Å². The second-order valence-corrected chi connectivity index (χ2v) is 3.09. The highest BCUT2D eigenvalue weighted by Crippen LogP contribution is 2.24. The van der Waals surface area contributed by atoms with Gasteiger partial charge in [-0.25, -0.2) is 4.79 Å². The summed E-state index contributed by atoms with van der Waals surface area (Å²) in [7, 11) is 1.39. The second kappa shape index (κ2) is 3.72. The fourth-order valence-corrected chi connectivity index (χ4v) is 1.49. The lowest BCUT2D eigenvalue weighted by molar-refractivity contribution is -0.135. The lowest BCUT2D eigenvalue weighted by Gasteiger charge is -2.07. The Labute approximate surface area is 74.1 Å². The zero-order valence-corrected chi connectivity index (χ0v) is 7.85. The van der Waals surface area contributed by atoms with Crippen molar-refractivity contribution in [3.8, 4) is 0 Å². The zero-order chi connectivity index (χ0) is 8.27. The fourth-order valence-electron chi connectivity index (χ4n) is 0.936. The van der Waals surface area contributed by atoms with Crippen molar-refractivity contribution in [1.82, 2.24) is 0 Å². The van der Waals surface area contributed by atoms with E-state index in [0.29, 0.717) is 5.57 Å². The van der Waals surface area contributed by atoms with Crippen LogP contribution in [0.5, 0.6) is 0 Å². The number of ether oxygens (including phenoxy) is 1. The van der Waals surface area contributed by atoms with Crippen molar-refractivity contribution in [1.29, 1.82) is 0 Å². The van der Waals surface area contributed by atoms with Crippen molar-refractivity contribution >= 4 is 21.9 Å². The molecule has 3 heteroatoms. The average molecular weight is 217 g/mol. The Kier molecular flexibility index (Phi) is 2.88. The van der Waals surface area contributed by atoms with E-state index >= 15 is 0 Å². The van der Waals surface area contributed by atoms with Gasteiger partial charge in [0.15, 0.2) is 0 Å². The monoisotopic (exact) mass is 216 g/mol. The summed E-state index contributed by atoms with van der Waals surface area (Å²) in [6, 6.07) is 0. The molecule has 0 saturated carbocycles. The first kappa shape index (κ1) is 8.53. The van der Waals surface area contributed by atoms with Gasteiger partial charge in [0.1, 0.15) is 0 Å². The van der Waals surface area contributed by atoms with Gasteiger partial charge < -0.3 is 4.74 Å². The zero-order valence-electron chi connectivity index (χ0n) is 6.26. The lowest BCUT2D eigenvalue weighted by atomic mass is 10.1. The number of hydrogen-bond acceptors (Lipinski definition) is 2. The number of halogens is 1. The minimum Gasteiger partial charge on any atom is -0.465 e. The van der Waals surface area contributed by atoms with E-state index in [1.165, 1.54) is 7.11 Å². The molecule has 0 fully saturated rings. The van der Waals surface area contributed by atoms with Crippen molar-refractivity contribution in [2.45, 2.75) is 12.8 Å². The van der Waals surface area contributed by atoms with Crippen LogP contribution in [0.3, 0.4) is 0 Å². The average Bonchev–Trinajstić information content (AvgIpc) is 2.04. The topological polar surface area (TPSA) is 26.3 Å². The molecule has 0 radical (unpaired) electrons. The molecule has 2 nitrogen and oxygen atoms in total. The number of methoxy groups -OCH3 is 1. The number of carbonyl (C=O) groups is 1. The molecule has 0 amide bonds. The Balaban J connectivity index is 2.78. The van der Waals surface area contributed by atoms with Gasteiger partial charge in [-0.05, 0) is 12.8 Å². The summed E-state index contributed by atoms with van der Waals surface area (Å²) in [5.41, 5.74) is 0.638. The van der Waals surface area contributed by atoms with E-state index < -0.39 is 0 Å². The minimum absolute atomic E-state index is 0.271. The largest absolute Gasteiger partial charge is 0.465 e. The summed E-state index contributed by atoms with van der Waals surface area (Å²) in [6.45, 7) is 0. The molecule has 0 saturated heterocycles. The molecule has 11 heavy (non-hydrogen) atoms. The van der Waals surface area contributed by atoms with Crippen LogP contribution in [0.25, 0.3) is 0 Å². The summed E-state index contributed by atoms with van der Waals surface area (Å²) >= 11 is 3.29. The first-order chi connectivity index (χ1) is 5.25. The van der Waals surface area contributed by atoms with Crippen LogP contribution in [0.4, 0.5) is 0 Å². The van der Waals surface area contributed by atoms with E-state index in [4.69, 9.17) is 0 Å². The molecule has 0 bridgehead atoms. The third kappa shape index (κ3) is 1.93. The molecule has 0 N–H and O–H groups in total. The summed E-state index contributed by atoms with van der Waals surface area (Å²) in [5, 5.41) is 0. The van der Waals surface area contributed by atoms with Crippen molar-refractivity contribution < 1.29 is 9.53 Å². The van der Waals surface area contributed by atoms with Crippen molar-refractivity contribution in [2.24, 2.45) is 0 Å². The van der Waals surface area contributed by atoms with Gasteiger partial charge in [-0.1, -0.05) is 28.1 Å². The summed E-state index contributed by atoms with van der Waals surface area (Å²) in [6.07, 6.45) is 5.77. The number of rotatable bonds is 1. The summed E-state index contributed by atoms with van der Waals surface area (Å²) < 4.78 is 5.43. The van der Waals surface area contributed by atoms with Crippen molar-refractivity contribution in [3.63, 3.8) is 0 Å². The highest BCUT2D eigenvalue weighted by atomic mass is 79.9. The van der Waals surface area contributed by atoms with Gasteiger partial charge in [-0.2, -0.15) is 0 Å². The van der Waals surface area contributed by atoms with Gasteiger partial charge in [0.2, 0.25) is 0 Å². The molecule has 0 aromatic carbocycles. The van der Waals surface area contributed by atoms with Crippen LogP contribution in [-0.4, -0.2) is 13.1 Å². The highest BCUT2D eigenvalue weighted by molar-refractivity contribution is 9.12. The van der Waals surface area contributed by atoms with Crippen molar-refractivity contribution in [3.05, 3.63) is 22.2 Å². The molecule has 60 valence electrons.